The molecular formula is C24H20FN3O2. The van der Waals surface area contributed by atoms with Crippen LogP contribution < -0.4 is 10.6 Å². The second kappa shape index (κ2) is 8.29. The standard InChI is InChI=1S/C24H20FN3O2/c1-15-2-3-18(16-8-10-26-11-9-16)12-22(15)28-24(30)21-14-27-23(29)13-20(21)17-4-6-19(25)7-5-17/h2-12,14,20H,13H2,1H3,(H,27,29)(H,28,30)/t20-/m0/s1. The monoisotopic (exact) mass is 401 g/mol. The van der Waals surface area contributed by atoms with Gasteiger partial charge in [0.1, 0.15) is 5.82 Å². The molecule has 2 aromatic carbocycles. The highest BCUT2D eigenvalue weighted by atomic mass is 19.1. The molecule has 30 heavy (non-hydrogen) atoms. The third kappa shape index (κ3) is 4.12. The lowest BCUT2D eigenvalue weighted by Crippen LogP contribution is -2.32. The summed E-state index contributed by atoms with van der Waals surface area (Å²) in [5.41, 5.74) is 4.70. The molecule has 2 N–H and O–H groups in total. The highest BCUT2D eigenvalue weighted by Gasteiger charge is 2.29. The highest BCUT2D eigenvalue weighted by Crippen LogP contribution is 2.32. The Balaban J connectivity index is 1.62. The molecule has 150 valence electrons. The van der Waals surface area contributed by atoms with Crippen LogP contribution in [-0.2, 0) is 9.59 Å². The van der Waals surface area contributed by atoms with Crippen LogP contribution in [-0.4, -0.2) is 16.8 Å². The predicted octanol–water partition coefficient (Wildman–Crippen LogP) is 4.32. The number of pyridine rings is 1. The molecule has 0 saturated heterocycles. The van der Waals surface area contributed by atoms with Crippen LogP contribution in [0, 0.1) is 12.7 Å². The number of anilines is 1. The summed E-state index contributed by atoms with van der Waals surface area (Å²) in [6.45, 7) is 1.92. The normalized spacial score (nSPS) is 15.9. The zero-order valence-electron chi connectivity index (χ0n) is 16.4. The van der Waals surface area contributed by atoms with E-state index in [1.807, 2.05) is 37.3 Å². The number of rotatable bonds is 4. The number of amides is 2. The second-order valence-corrected chi connectivity index (χ2v) is 7.20. The molecule has 0 saturated carbocycles. The molecule has 1 aliphatic rings. The molecule has 6 heteroatoms. The van der Waals surface area contributed by atoms with Crippen molar-refractivity contribution in [3.8, 4) is 11.1 Å². The largest absolute Gasteiger partial charge is 0.332 e. The number of nitrogens with zero attached hydrogens (tertiary/aromatic N) is 1. The SMILES string of the molecule is Cc1ccc(-c2ccncc2)cc1NC(=O)C1=CNC(=O)C[C@H]1c1ccc(F)cc1. The van der Waals surface area contributed by atoms with Gasteiger partial charge < -0.3 is 10.6 Å². The van der Waals surface area contributed by atoms with Crippen LogP contribution in [0.15, 0.2) is 78.8 Å². The van der Waals surface area contributed by atoms with Crippen molar-refractivity contribution in [2.45, 2.75) is 19.3 Å². The first-order valence-electron chi connectivity index (χ1n) is 9.58. The summed E-state index contributed by atoms with van der Waals surface area (Å²) >= 11 is 0. The first-order chi connectivity index (χ1) is 14.5. The van der Waals surface area contributed by atoms with E-state index in [1.54, 1.807) is 24.5 Å². The fourth-order valence-electron chi connectivity index (χ4n) is 3.50. The number of carbonyl (C=O) groups is 2. The molecule has 1 aliphatic heterocycles. The molecule has 0 bridgehead atoms. The van der Waals surface area contributed by atoms with Crippen molar-refractivity contribution < 1.29 is 14.0 Å². The maximum atomic E-state index is 13.3. The van der Waals surface area contributed by atoms with Crippen LogP contribution in [0.4, 0.5) is 10.1 Å². The lowest BCUT2D eigenvalue weighted by molar-refractivity contribution is -0.121. The number of aryl methyl sites for hydroxylation is 1. The van der Waals surface area contributed by atoms with Gasteiger partial charge in [-0.25, -0.2) is 4.39 Å². The molecule has 0 unspecified atom stereocenters. The van der Waals surface area contributed by atoms with Crippen LogP contribution >= 0.6 is 0 Å². The molecule has 4 rings (SSSR count). The number of nitrogens with one attached hydrogen (secondary N) is 2. The minimum absolute atomic E-state index is 0.126. The number of hydrogen-bond donors (Lipinski definition) is 2. The molecule has 2 heterocycles. The maximum Gasteiger partial charge on any atom is 0.253 e. The molecule has 1 aromatic heterocycles. The van der Waals surface area contributed by atoms with Crippen molar-refractivity contribution in [2.24, 2.45) is 0 Å². The minimum atomic E-state index is -0.442. The third-order valence-electron chi connectivity index (χ3n) is 5.19. The Morgan fingerprint density at radius 2 is 1.80 bits per heavy atom. The summed E-state index contributed by atoms with van der Waals surface area (Å²) in [5, 5.41) is 5.59. The molecule has 0 fully saturated rings. The van der Waals surface area contributed by atoms with Crippen molar-refractivity contribution in [3.05, 3.63) is 95.7 Å². The van der Waals surface area contributed by atoms with E-state index < -0.39 is 5.92 Å². The summed E-state index contributed by atoms with van der Waals surface area (Å²) in [5.74, 6) is -1.29. The Morgan fingerprint density at radius 3 is 2.53 bits per heavy atom. The number of carbonyl (C=O) groups excluding carboxylic acids is 2. The summed E-state index contributed by atoms with van der Waals surface area (Å²) in [6, 6.07) is 15.5. The van der Waals surface area contributed by atoms with E-state index in [4.69, 9.17) is 0 Å². The summed E-state index contributed by atoms with van der Waals surface area (Å²) in [6.07, 6.45) is 5.00. The zero-order chi connectivity index (χ0) is 21.1. The number of aromatic nitrogens is 1. The van der Waals surface area contributed by atoms with E-state index in [9.17, 15) is 14.0 Å². The van der Waals surface area contributed by atoms with Gasteiger partial charge in [-0.05, 0) is 59.5 Å². The zero-order valence-corrected chi connectivity index (χ0v) is 16.4. The van der Waals surface area contributed by atoms with E-state index in [1.165, 1.54) is 18.3 Å². The third-order valence-corrected chi connectivity index (χ3v) is 5.19. The van der Waals surface area contributed by atoms with Gasteiger partial charge in [0.25, 0.3) is 5.91 Å². The summed E-state index contributed by atoms with van der Waals surface area (Å²) < 4.78 is 13.3. The molecule has 0 spiro atoms. The van der Waals surface area contributed by atoms with E-state index in [2.05, 4.69) is 15.6 Å². The molecule has 0 aliphatic carbocycles. The summed E-state index contributed by atoms with van der Waals surface area (Å²) in [7, 11) is 0. The average Bonchev–Trinajstić information content (AvgIpc) is 2.76. The van der Waals surface area contributed by atoms with E-state index in [0.29, 0.717) is 11.3 Å². The van der Waals surface area contributed by atoms with Gasteiger partial charge in [-0.2, -0.15) is 0 Å². The van der Waals surface area contributed by atoms with Crippen LogP contribution in [0.2, 0.25) is 0 Å². The number of halogens is 1. The Hall–Kier alpha value is -3.80. The van der Waals surface area contributed by atoms with Gasteiger partial charge >= 0.3 is 0 Å². The fourth-order valence-corrected chi connectivity index (χ4v) is 3.50. The van der Waals surface area contributed by atoms with Crippen molar-refractivity contribution in [3.63, 3.8) is 0 Å². The smallest absolute Gasteiger partial charge is 0.253 e. The Kier molecular flexibility index (Phi) is 5.39. The first-order valence-corrected chi connectivity index (χ1v) is 9.58. The lowest BCUT2D eigenvalue weighted by atomic mass is 9.86. The quantitative estimate of drug-likeness (QED) is 0.684. The van der Waals surface area contributed by atoms with Crippen molar-refractivity contribution in [1.29, 1.82) is 0 Å². The van der Waals surface area contributed by atoms with Crippen molar-refractivity contribution in [2.75, 3.05) is 5.32 Å². The highest BCUT2D eigenvalue weighted by molar-refractivity contribution is 6.07. The molecular weight excluding hydrogens is 381 g/mol. The Bertz CT molecular complexity index is 1120. The van der Waals surface area contributed by atoms with Crippen molar-refractivity contribution in [1.82, 2.24) is 10.3 Å². The van der Waals surface area contributed by atoms with Crippen LogP contribution in [0.5, 0.6) is 0 Å². The van der Waals surface area contributed by atoms with Gasteiger partial charge in [0.05, 0.1) is 0 Å². The Labute approximate surface area is 173 Å². The van der Waals surface area contributed by atoms with Gasteiger partial charge in [0.2, 0.25) is 5.91 Å². The van der Waals surface area contributed by atoms with Gasteiger partial charge in [-0.3, -0.25) is 14.6 Å². The van der Waals surface area contributed by atoms with Gasteiger partial charge in [-0.1, -0.05) is 24.3 Å². The van der Waals surface area contributed by atoms with Gasteiger partial charge in [0, 0.05) is 42.2 Å². The summed E-state index contributed by atoms with van der Waals surface area (Å²) in [4.78, 5) is 29.1. The van der Waals surface area contributed by atoms with Crippen molar-refractivity contribution >= 4 is 17.5 Å². The second-order valence-electron chi connectivity index (χ2n) is 7.20. The van der Waals surface area contributed by atoms with Gasteiger partial charge in [-0.15, -0.1) is 0 Å². The molecule has 5 nitrogen and oxygen atoms in total. The average molecular weight is 401 g/mol. The van der Waals surface area contributed by atoms with E-state index >= 15 is 0 Å². The number of hydrogen-bond acceptors (Lipinski definition) is 3. The van der Waals surface area contributed by atoms with Crippen LogP contribution in [0.25, 0.3) is 11.1 Å². The van der Waals surface area contributed by atoms with Crippen LogP contribution in [0.3, 0.4) is 0 Å². The Morgan fingerprint density at radius 1 is 1.07 bits per heavy atom. The molecule has 0 radical (unpaired) electrons. The lowest BCUT2D eigenvalue weighted by Gasteiger charge is -2.24. The fraction of sp³-hybridized carbons (Fsp3) is 0.125. The molecule has 2 amide bonds. The van der Waals surface area contributed by atoms with E-state index in [-0.39, 0.29) is 24.1 Å². The predicted molar refractivity (Wildman–Crippen MR) is 113 cm³/mol. The molecule has 3 aromatic rings. The maximum absolute atomic E-state index is 13.3. The topological polar surface area (TPSA) is 71.1 Å². The minimum Gasteiger partial charge on any atom is -0.332 e. The van der Waals surface area contributed by atoms with Crippen LogP contribution in [0.1, 0.15) is 23.5 Å². The molecule has 1 atom stereocenters. The van der Waals surface area contributed by atoms with E-state index in [0.717, 1.165) is 22.3 Å². The first kappa shape index (κ1) is 19.5. The van der Waals surface area contributed by atoms with Gasteiger partial charge in [0.15, 0.2) is 0 Å². The number of benzene rings is 2.